The molecule has 0 amide bonds. The lowest BCUT2D eigenvalue weighted by Gasteiger charge is -2.10. The summed E-state index contributed by atoms with van der Waals surface area (Å²) in [6.45, 7) is 10.5. The summed E-state index contributed by atoms with van der Waals surface area (Å²) in [6, 6.07) is 0. The van der Waals surface area contributed by atoms with Crippen molar-refractivity contribution >= 4 is 6.21 Å². The van der Waals surface area contributed by atoms with Crippen LogP contribution in [0.4, 0.5) is 0 Å². The molecule has 11 heavy (non-hydrogen) atoms. The average Bonchev–Trinajstić information content (AvgIpc) is 1.78. The highest BCUT2D eigenvalue weighted by atomic mass is 14.8. The first-order valence-electron chi connectivity index (χ1n) is 4.09. The molecule has 0 aromatic carbocycles. The number of rotatable bonds is 2. The Balaban J connectivity index is 3.71. The number of hydrogen-bond donors (Lipinski definition) is 0. The van der Waals surface area contributed by atoms with Crippen LogP contribution in [0, 0.1) is 0 Å². The average molecular weight is 153 g/mol. The predicted molar refractivity (Wildman–Crippen MR) is 52.3 cm³/mol. The van der Waals surface area contributed by atoms with Crippen LogP contribution in [0.5, 0.6) is 0 Å². The zero-order valence-electron chi connectivity index (χ0n) is 8.31. The van der Waals surface area contributed by atoms with Gasteiger partial charge in [-0.05, 0) is 34.6 Å². The van der Waals surface area contributed by atoms with E-state index in [-0.39, 0.29) is 5.54 Å². The third-order valence-electron chi connectivity index (χ3n) is 1.11. The molecular weight excluding hydrogens is 134 g/mol. The fraction of sp³-hybridized carbons (Fsp3) is 0.700. The van der Waals surface area contributed by atoms with Gasteiger partial charge in [-0.3, -0.25) is 4.99 Å². The molecule has 0 aliphatic rings. The molecule has 0 aliphatic heterocycles. The molecule has 1 heteroatoms. The van der Waals surface area contributed by atoms with Crippen LogP contribution < -0.4 is 0 Å². The topological polar surface area (TPSA) is 12.4 Å². The molecule has 0 heterocycles. The molecule has 0 N–H and O–H groups in total. The second kappa shape index (κ2) is 4.32. The summed E-state index contributed by atoms with van der Waals surface area (Å²) in [7, 11) is 0. The smallest absolute Gasteiger partial charge is 0.0520 e. The summed E-state index contributed by atoms with van der Waals surface area (Å²) < 4.78 is 0. The van der Waals surface area contributed by atoms with E-state index in [0.29, 0.717) is 0 Å². The lowest BCUT2D eigenvalue weighted by Crippen LogP contribution is -2.09. The van der Waals surface area contributed by atoms with E-state index >= 15 is 0 Å². The Bertz CT molecular complexity index is 154. The van der Waals surface area contributed by atoms with Crippen molar-refractivity contribution in [1.29, 1.82) is 0 Å². The second-order valence-electron chi connectivity index (χ2n) is 4.00. The van der Waals surface area contributed by atoms with Crippen molar-refractivity contribution in [1.82, 2.24) is 0 Å². The van der Waals surface area contributed by atoms with Gasteiger partial charge in [0.1, 0.15) is 0 Å². The quantitative estimate of drug-likeness (QED) is 0.426. The van der Waals surface area contributed by atoms with Crippen molar-refractivity contribution in [2.45, 2.75) is 46.6 Å². The predicted octanol–water partition coefficient (Wildman–Crippen LogP) is 3.21. The Kier molecular flexibility index (Phi) is 4.09. The van der Waals surface area contributed by atoms with Gasteiger partial charge in [0.05, 0.1) is 5.54 Å². The van der Waals surface area contributed by atoms with E-state index in [4.69, 9.17) is 0 Å². The van der Waals surface area contributed by atoms with Gasteiger partial charge in [-0.2, -0.15) is 0 Å². The van der Waals surface area contributed by atoms with Gasteiger partial charge >= 0.3 is 0 Å². The van der Waals surface area contributed by atoms with Gasteiger partial charge in [0.15, 0.2) is 0 Å². The summed E-state index contributed by atoms with van der Waals surface area (Å²) >= 11 is 0. The van der Waals surface area contributed by atoms with Gasteiger partial charge in [0, 0.05) is 12.6 Å². The Labute approximate surface area is 70.2 Å². The Morgan fingerprint density at radius 1 is 1.27 bits per heavy atom. The minimum Gasteiger partial charge on any atom is -0.291 e. The number of aliphatic imine (C=N–C) groups is 1. The second-order valence-corrected chi connectivity index (χ2v) is 4.00. The van der Waals surface area contributed by atoms with Gasteiger partial charge in [0.25, 0.3) is 0 Å². The molecule has 0 aromatic heterocycles. The van der Waals surface area contributed by atoms with Crippen LogP contribution in [0.15, 0.2) is 16.6 Å². The highest BCUT2D eigenvalue weighted by Crippen LogP contribution is 2.05. The van der Waals surface area contributed by atoms with Crippen molar-refractivity contribution in [2.24, 2.45) is 4.99 Å². The van der Waals surface area contributed by atoms with E-state index in [2.05, 4.69) is 45.7 Å². The van der Waals surface area contributed by atoms with Crippen LogP contribution in [-0.4, -0.2) is 11.8 Å². The van der Waals surface area contributed by atoms with Crippen molar-refractivity contribution in [3.05, 3.63) is 11.6 Å². The van der Waals surface area contributed by atoms with Gasteiger partial charge in [-0.15, -0.1) is 0 Å². The van der Waals surface area contributed by atoms with E-state index in [9.17, 15) is 0 Å². The summed E-state index contributed by atoms with van der Waals surface area (Å²) in [5.74, 6) is 0. The maximum Gasteiger partial charge on any atom is 0.0520 e. The van der Waals surface area contributed by atoms with Crippen LogP contribution in [0.1, 0.15) is 41.0 Å². The van der Waals surface area contributed by atoms with Crippen LogP contribution in [-0.2, 0) is 0 Å². The first-order valence-corrected chi connectivity index (χ1v) is 4.09. The maximum atomic E-state index is 4.36. The standard InChI is InChI=1S/C10H19N/c1-9(2)7-6-8-11-10(3,4)5/h7-8H,6H2,1-5H3. The Morgan fingerprint density at radius 2 is 1.82 bits per heavy atom. The zero-order valence-corrected chi connectivity index (χ0v) is 8.31. The van der Waals surface area contributed by atoms with Crippen LogP contribution in [0.2, 0.25) is 0 Å². The van der Waals surface area contributed by atoms with E-state index in [0.717, 1.165) is 6.42 Å². The first kappa shape index (κ1) is 10.4. The Hall–Kier alpha value is -0.590. The molecule has 0 spiro atoms. The molecule has 0 bridgehead atoms. The molecule has 0 radical (unpaired) electrons. The molecule has 0 saturated heterocycles. The lowest BCUT2D eigenvalue weighted by atomic mass is 10.1. The zero-order chi connectivity index (χ0) is 8.91. The highest BCUT2D eigenvalue weighted by Gasteiger charge is 2.03. The third-order valence-corrected chi connectivity index (χ3v) is 1.11. The van der Waals surface area contributed by atoms with Gasteiger partial charge in [0.2, 0.25) is 0 Å². The molecule has 0 saturated carbocycles. The van der Waals surface area contributed by atoms with Crippen LogP contribution >= 0.6 is 0 Å². The molecule has 0 atom stereocenters. The fourth-order valence-electron chi connectivity index (χ4n) is 0.615. The lowest BCUT2D eigenvalue weighted by molar-refractivity contribution is 0.585. The van der Waals surface area contributed by atoms with Crippen molar-refractivity contribution < 1.29 is 0 Å². The summed E-state index contributed by atoms with van der Waals surface area (Å²) in [4.78, 5) is 4.36. The van der Waals surface area contributed by atoms with Gasteiger partial charge in [-0.25, -0.2) is 0 Å². The highest BCUT2D eigenvalue weighted by molar-refractivity contribution is 5.60. The van der Waals surface area contributed by atoms with Crippen molar-refractivity contribution in [3.63, 3.8) is 0 Å². The molecule has 0 rings (SSSR count). The number of allylic oxidation sites excluding steroid dienone is 2. The van der Waals surface area contributed by atoms with E-state index < -0.39 is 0 Å². The number of nitrogens with zero attached hydrogens (tertiary/aromatic N) is 1. The molecule has 64 valence electrons. The summed E-state index contributed by atoms with van der Waals surface area (Å²) in [5, 5.41) is 0. The maximum absolute atomic E-state index is 4.36. The molecule has 0 unspecified atom stereocenters. The SMILES string of the molecule is CC(C)=CCC=NC(C)(C)C. The monoisotopic (exact) mass is 153 g/mol. The van der Waals surface area contributed by atoms with E-state index in [1.807, 2.05) is 6.21 Å². The van der Waals surface area contributed by atoms with E-state index in [1.54, 1.807) is 0 Å². The molecule has 0 aliphatic carbocycles. The van der Waals surface area contributed by atoms with Crippen molar-refractivity contribution in [3.8, 4) is 0 Å². The van der Waals surface area contributed by atoms with E-state index in [1.165, 1.54) is 5.57 Å². The molecule has 0 aromatic rings. The third kappa shape index (κ3) is 9.41. The van der Waals surface area contributed by atoms with Gasteiger partial charge < -0.3 is 0 Å². The summed E-state index contributed by atoms with van der Waals surface area (Å²) in [6.07, 6.45) is 5.11. The summed E-state index contributed by atoms with van der Waals surface area (Å²) in [5.41, 5.74) is 1.43. The fourth-order valence-corrected chi connectivity index (χ4v) is 0.615. The minimum atomic E-state index is 0.0789. The minimum absolute atomic E-state index is 0.0789. The van der Waals surface area contributed by atoms with Crippen LogP contribution in [0.3, 0.4) is 0 Å². The Morgan fingerprint density at radius 3 is 2.18 bits per heavy atom. The largest absolute Gasteiger partial charge is 0.291 e. The van der Waals surface area contributed by atoms with Gasteiger partial charge in [-0.1, -0.05) is 11.6 Å². The molecule has 0 fully saturated rings. The molecular formula is C10H19N. The number of hydrogen-bond acceptors (Lipinski definition) is 1. The van der Waals surface area contributed by atoms with Crippen molar-refractivity contribution in [2.75, 3.05) is 0 Å². The first-order chi connectivity index (χ1) is 4.92. The normalized spacial score (nSPS) is 12.1. The van der Waals surface area contributed by atoms with Crippen LogP contribution in [0.25, 0.3) is 0 Å². The molecule has 1 nitrogen and oxygen atoms in total.